The molecule has 3 heteroatoms. The zero-order valence-electron chi connectivity index (χ0n) is 9.62. The summed E-state index contributed by atoms with van der Waals surface area (Å²) in [5.74, 6) is 0.926. The molecule has 0 aliphatic carbocycles. The molecule has 1 atom stereocenters. The summed E-state index contributed by atoms with van der Waals surface area (Å²) < 4.78 is 10.3. The molecule has 0 aromatic heterocycles. The molecular formula is C12H19NO2. The van der Waals surface area contributed by atoms with Crippen LogP contribution in [0.25, 0.3) is 0 Å². The van der Waals surface area contributed by atoms with Crippen LogP contribution in [0.3, 0.4) is 0 Å². The van der Waals surface area contributed by atoms with Crippen LogP contribution in [-0.4, -0.2) is 27.4 Å². The van der Waals surface area contributed by atoms with Gasteiger partial charge in [0.05, 0.1) is 13.7 Å². The third-order valence-electron chi connectivity index (χ3n) is 2.36. The van der Waals surface area contributed by atoms with Crippen LogP contribution < -0.4 is 10.1 Å². The standard InChI is InChI=1S/C12H19NO2/c1-10(13-8-9-14-2)11-6-4-5-7-12(11)15-3/h4-7,10,13H,8-9H2,1-3H3/t10-/m1/s1. The van der Waals surface area contributed by atoms with E-state index in [9.17, 15) is 0 Å². The lowest BCUT2D eigenvalue weighted by Crippen LogP contribution is -2.23. The minimum atomic E-state index is 0.274. The van der Waals surface area contributed by atoms with Gasteiger partial charge in [0.25, 0.3) is 0 Å². The lowest BCUT2D eigenvalue weighted by Gasteiger charge is -2.16. The molecule has 0 bridgehead atoms. The second-order valence-electron chi connectivity index (χ2n) is 3.41. The molecule has 1 rings (SSSR count). The molecule has 0 radical (unpaired) electrons. The van der Waals surface area contributed by atoms with E-state index in [0.29, 0.717) is 0 Å². The Balaban J connectivity index is 2.59. The molecule has 3 nitrogen and oxygen atoms in total. The predicted octanol–water partition coefficient (Wildman–Crippen LogP) is 1.99. The molecular weight excluding hydrogens is 190 g/mol. The highest BCUT2D eigenvalue weighted by Crippen LogP contribution is 2.23. The van der Waals surface area contributed by atoms with Crippen molar-refractivity contribution in [1.29, 1.82) is 0 Å². The number of rotatable bonds is 6. The van der Waals surface area contributed by atoms with Crippen LogP contribution in [0.1, 0.15) is 18.5 Å². The molecule has 0 amide bonds. The zero-order valence-corrected chi connectivity index (χ0v) is 9.62. The number of hydrogen-bond donors (Lipinski definition) is 1. The maximum absolute atomic E-state index is 5.30. The Morgan fingerprint density at radius 1 is 1.27 bits per heavy atom. The van der Waals surface area contributed by atoms with Gasteiger partial charge < -0.3 is 14.8 Å². The molecule has 84 valence electrons. The van der Waals surface area contributed by atoms with Gasteiger partial charge in [-0.05, 0) is 13.0 Å². The van der Waals surface area contributed by atoms with E-state index in [1.807, 2.05) is 18.2 Å². The smallest absolute Gasteiger partial charge is 0.123 e. The molecule has 0 aliphatic rings. The molecule has 0 spiro atoms. The number of ether oxygens (including phenoxy) is 2. The van der Waals surface area contributed by atoms with Crippen LogP contribution in [0.4, 0.5) is 0 Å². The van der Waals surface area contributed by atoms with E-state index in [1.165, 1.54) is 5.56 Å². The minimum absolute atomic E-state index is 0.274. The Bertz CT molecular complexity index is 289. The average Bonchev–Trinajstić information content (AvgIpc) is 2.29. The Hall–Kier alpha value is -1.06. The topological polar surface area (TPSA) is 30.5 Å². The van der Waals surface area contributed by atoms with Crippen LogP contribution in [0.5, 0.6) is 5.75 Å². The molecule has 0 aliphatic heterocycles. The van der Waals surface area contributed by atoms with Gasteiger partial charge in [-0.25, -0.2) is 0 Å². The van der Waals surface area contributed by atoms with E-state index < -0.39 is 0 Å². The highest BCUT2D eigenvalue weighted by Gasteiger charge is 2.09. The first-order valence-corrected chi connectivity index (χ1v) is 5.14. The first-order valence-electron chi connectivity index (χ1n) is 5.14. The van der Waals surface area contributed by atoms with Crippen molar-refractivity contribution >= 4 is 0 Å². The van der Waals surface area contributed by atoms with Gasteiger partial charge in [0.2, 0.25) is 0 Å². The number of nitrogens with one attached hydrogen (secondary N) is 1. The lowest BCUT2D eigenvalue weighted by atomic mass is 10.1. The van der Waals surface area contributed by atoms with E-state index in [1.54, 1.807) is 14.2 Å². The van der Waals surface area contributed by atoms with Crippen molar-refractivity contribution in [2.24, 2.45) is 0 Å². The fourth-order valence-corrected chi connectivity index (χ4v) is 1.51. The number of para-hydroxylation sites is 1. The quantitative estimate of drug-likeness (QED) is 0.727. The summed E-state index contributed by atoms with van der Waals surface area (Å²) in [4.78, 5) is 0. The number of methoxy groups -OCH3 is 2. The lowest BCUT2D eigenvalue weighted by molar-refractivity contribution is 0.196. The Labute approximate surface area is 91.4 Å². The summed E-state index contributed by atoms with van der Waals surface area (Å²) in [5, 5.41) is 3.37. The van der Waals surface area contributed by atoms with Gasteiger partial charge in [0.15, 0.2) is 0 Å². The summed E-state index contributed by atoms with van der Waals surface area (Å²) in [5.41, 5.74) is 1.18. The van der Waals surface area contributed by atoms with Crippen LogP contribution in [0, 0.1) is 0 Å². The van der Waals surface area contributed by atoms with Crippen molar-refractivity contribution in [2.45, 2.75) is 13.0 Å². The molecule has 1 aromatic carbocycles. The third kappa shape index (κ3) is 3.53. The van der Waals surface area contributed by atoms with Crippen LogP contribution in [-0.2, 0) is 4.74 Å². The summed E-state index contributed by atoms with van der Waals surface area (Å²) in [6, 6.07) is 8.32. The van der Waals surface area contributed by atoms with E-state index in [4.69, 9.17) is 9.47 Å². The van der Waals surface area contributed by atoms with Crippen LogP contribution in [0.15, 0.2) is 24.3 Å². The van der Waals surface area contributed by atoms with E-state index in [-0.39, 0.29) is 6.04 Å². The number of hydrogen-bond acceptors (Lipinski definition) is 3. The third-order valence-corrected chi connectivity index (χ3v) is 2.36. The Morgan fingerprint density at radius 2 is 2.00 bits per heavy atom. The summed E-state index contributed by atoms with van der Waals surface area (Å²) in [6.07, 6.45) is 0. The van der Waals surface area contributed by atoms with Crippen molar-refractivity contribution in [2.75, 3.05) is 27.4 Å². The van der Waals surface area contributed by atoms with Gasteiger partial charge in [-0.15, -0.1) is 0 Å². The van der Waals surface area contributed by atoms with Crippen LogP contribution in [0.2, 0.25) is 0 Å². The highest BCUT2D eigenvalue weighted by molar-refractivity contribution is 5.35. The van der Waals surface area contributed by atoms with Gasteiger partial charge >= 0.3 is 0 Å². The van der Waals surface area contributed by atoms with Gasteiger partial charge in [0, 0.05) is 25.3 Å². The van der Waals surface area contributed by atoms with Crippen LogP contribution >= 0.6 is 0 Å². The van der Waals surface area contributed by atoms with E-state index in [0.717, 1.165) is 18.9 Å². The monoisotopic (exact) mass is 209 g/mol. The zero-order chi connectivity index (χ0) is 11.1. The average molecular weight is 209 g/mol. The van der Waals surface area contributed by atoms with Gasteiger partial charge in [-0.2, -0.15) is 0 Å². The highest BCUT2D eigenvalue weighted by atomic mass is 16.5. The Kier molecular flexibility index (Phi) is 5.15. The van der Waals surface area contributed by atoms with Gasteiger partial charge in [0.1, 0.15) is 5.75 Å². The fourth-order valence-electron chi connectivity index (χ4n) is 1.51. The summed E-state index contributed by atoms with van der Waals surface area (Å²) in [7, 11) is 3.40. The molecule has 1 aromatic rings. The first kappa shape index (κ1) is 12.0. The maximum atomic E-state index is 5.30. The largest absolute Gasteiger partial charge is 0.496 e. The minimum Gasteiger partial charge on any atom is -0.496 e. The molecule has 0 saturated heterocycles. The maximum Gasteiger partial charge on any atom is 0.123 e. The SMILES string of the molecule is COCCN[C@H](C)c1ccccc1OC. The normalized spacial score (nSPS) is 12.5. The van der Waals surface area contributed by atoms with E-state index in [2.05, 4.69) is 18.3 Å². The fraction of sp³-hybridized carbons (Fsp3) is 0.500. The Morgan fingerprint density at radius 3 is 2.67 bits per heavy atom. The van der Waals surface area contributed by atoms with E-state index >= 15 is 0 Å². The molecule has 15 heavy (non-hydrogen) atoms. The summed E-state index contributed by atoms with van der Waals surface area (Å²) in [6.45, 7) is 3.68. The van der Waals surface area contributed by atoms with Gasteiger partial charge in [-0.1, -0.05) is 18.2 Å². The predicted molar refractivity (Wildman–Crippen MR) is 61.3 cm³/mol. The second-order valence-corrected chi connectivity index (χ2v) is 3.41. The van der Waals surface area contributed by atoms with Crippen molar-refractivity contribution in [3.8, 4) is 5.75 Å². The second kappa shape index (κ2) is 6.43. The molecule has 0 heterocycles. The molecule has 1 N–H and O–H groups in total. The molecule has 0 unspecified atom stereocenters. The summed E-state index contributed by atoms with van der Waals surface area (Å²) >= 11 is 0. The van der Waals surface area contributed by atoms with Crippen molar-refractivity contribution in [3.05, 3.63) is 29.8 Å². The van der Waals surface area contributed by atoms with Crippen molar-refractivity contribution in [1.82, 2.24) is 5.32 Å². The molecule has 0 fully saturated rings. The first-order chi connectivity index (χ1) is 7.29. The van der Waals surface area contributed by atoms with Crippen molar-refractivity contribution < 1.29 is 9.47 Å². The number of benzene rings is 1. The van der Waals surface area contributed by atoms with Crippen molar-refractivity contribution in [3.63, 3.8) is 0 Å². The van der Waals surface area contributed by atoms with Gasteiger partial charge in [-0.3, -0.25) is 0 Å². The molecule has 0 saturated carbocycles.